The van der Waals surface area contributed by atoms with Gasteiger partial charge in [0.05, 0.1) is 5.69 Å². The number of likely N-dealkylation sites (tertiary alicyclic amines) is 1. The quantitative estimate of drug-likeness (QED) is 0.894. The van der Waals surface area contributed by atoms with E-state index >= 15 is 0 Å². The Morgan fingerprint density at radius 3 is 3.06 bits per heavy atom. The van der Waals surface area contributed by atoms with Crippen molar-refractivity contribution in [3.05, 3.63) is 16.1 Å². The molecule has 0 spiro atoms. The molecule has 0 aliphatic carbocycles. The van der Waals surface area contributed by atoms with Crippen molar-refractivity contribution in [3.8, 4) is 0 Å². The zero-order valence-electron chi connectivity index (χ0n) is 10.2. The summed E-state index contributed by atoms with van der Waals surface area (Å²) in [6, 6.07) is 0. The first-order chi connectivity index (χ1) is 8.11. The molecule has 0 amide bonds. The van der Waals surface area contributed by atoms with Crippen LogP contribution < -0.4 is 0 Å². The van der Waals surface area contributed by atoms with Crippen molar-refractivity contribution in [2.45, 2.75) is 31.6 Å². The summed E-state index contributed by atoms with van der Waals surface area (Å²) >= 11 is 1.49. The number of carbonyl (C=O) groups is 1. The summed E-state index contributed by atoms with van der Waals surface area (Å²) in [4.78, 5) is 17.9. The van der Waals surface area contributed by atoms with E-state index in [2.05, 4.69) is 16.9 Å². The molecule has 2 heterocycles. The predicted molar refractivity (Wildman–Crippen MR) is 67.6 cm³/mol. The van der Waals surface area contributed by atoms with Crippen LogP contribution in [0.4, 0.5) is 0 Å². The summed E-state index contributed by atoms with van der Waals surface area (Å²) in [5.74, 6) is -0.721. The third-order valence-corrected chi connectivity index (χ3v) is 4.33. The number of aromatic nitrogens is 1. The van der Waals surface area contributed by atoms with E-state index in [1.807, 2.05) is 12.3 Å². The van der Waals surface area contributed by atoms with Crippen LogP contribution in [0.3, 0.4) is 0 Å². The van der Waals surface area contributed by atoms with Crippen LogP contribution in [-0.2, 0) is 4.79 Å². The lowest BCUT2D eigenvalue weighted by Gasteiger charge is -2.08. The summed E-state index contributed by atoms with van der Waals surface area (Å²) < 4.78 is 0. The summed E-state index contributed by atoms with van der Waals surface area (Å²) in [6.45, 7) is 4.03. The molecule has 4 nitrogen and oxygen atoms in total. The first-order valence-corrected chi connectivity index (χ1v) is 6.86. The highest BCUT2D eigenvalue weighted by atomic mass is 32.1. The first-order valence-electron chi connectivity index (χ1n) is 5.98. The van der Waals surface area contributed by atoms with Gasteiger partial charge < -0.3 is 10.0 Å². The van der Waals surface area contributed by atoms with Crippen LogP contribution in [0.25, 0.3) is 0 Å². The average Bonchev–Trinajstić information content (AvgIpc) is 2.87. The molecule has 0 bridgehead atoms. The maximum absolute atomic E-state index is 11.1. The maximum atomic E-state index is 11.1. The second kappa shape index (κ2) is 5.14. The van der Waals surface area contributed by atoms with Crippen molar-refractivity contribution in [1.82, 2.24) is 9.88 Å². The molecule has 1 aromatic heterocycles. The molecule has 0 radical (unpaired) electrons. The minimum absolute atomic E-state index is 0.437. The fraction of sp³-hybridized carbons (Fsp3) is 0.667. The first kappa shape index (κ1) is 12.5. The summed E-state index contributed by atoms with van der Waals surface area (Å²) in [5.41, 5.74) is 1.08. The Morgan fingerprint density at radius 1 is 1.76 bits per heavy atom. The van der Waals surface area contributed by atoms with Crippen LogP contribution in [0.2, 0.25) is 0 Å². The van der Waals surface area contributed by atoms with Gasteiger partial charge in [-0.1, -0.05) is 6.92 Å². The lowest BCUT2D eigenvalue weighted by atomic mass is 10.1. The van der Waals surface area contributed by atoms with Crippen molar-refractivity contribution in [3.63, 3.8) is 0 Å². The van der Waals surface area contributed by atoms with E-state index in [0.717, 1.165) is 30.2 Å². The van der Waals surface area contributed by atoms with Gasteiger partial charge in [-0.25, -0.2) is 4.98 Å². The fourth-order valence-corrected chi connectivity index (χ4v) is 3.36. The third kappa shape index (κ3) is 2.66. The Balaban J connectivity index is 2.12. The van der Waals surface area contributed by atoms with E-state index in [1.165, 1.54) is 11.3 Å². The van der Waals surface area contributed by atoms with Crippen molar-refractivity contribution >= 4 is 17.3 Å². The molecule has 17 heavy (non-hydrogen) atoms. The van der Waals surface area contributed by atoms with Crippen LogP contribution in [0.5, 0.6) is 0 Å². The van der Waals surface area contributed by atoms with E-state index < -0.39 is 11.9 Å². The molecule has 1 aliphatic rings. The molecule has 1 aliphatic heterocycles. The number of nitrogens with zero attached hydrogens (tertiary/aromatic N) is 2. The number of likely N-dealkylation sites (N-methyl/N-ethyl adjacent to an activating group) is 1. The van der Waals surface area contributed by atoms with E-state index in [4.69, 9.17) is 5.11 Å². The molecular formula is C12H18N2O2S. The molecule has 2 unspecified atom stereocenters. The smallest absolute Gasteiger partial charge is 0.313 e. The van der Waals surface area contributed by atoms with Gasteiger partial charge in [-0.2, -0.15) is 0 Å². The zero-order chi connectivity index (χ0) is 12.4. The van der Waals surface area contributed by atoms with Crippen molar-refractivity contribution in [1.29, 1.82) is 0 Å². The third-order valence-electron chi connectivity index (χ3n) is 3.35. The number of hydrogen-bond acceptors (Lipinski definition) is 4. The van der Waals surface area contributed by atoms with Crippen LogP contribution in [0, 0.1) is 0 Å². The van der Waals surface area contributed by atoms with Gasteiger partial charge in [0.25, 0.3) is 0 Å². The number of aliphatic carboxylic acids is 1. The van der Waals surface area contributed by atoms with Gasteiger partial charge in [-0.15, -0.1) is 11.3 Å². The predicted octanol–water partition coefficient (Wildman–Crippen LogP) is 2.14. The van der Waals surface area contributed by atoms with Gasteiger partial charge in [-0.3, -0.25) is 4.79 Å². The summed E-state index contributed by atoms with van der Waals surface area (Å²) in [6.07, 6.45) is 1.73. The fourth-order valence-electron chi connectivity index (χ4n) is 2.28. The van der Waals surface area contributed by atoms with Crippen molar-refractivity contribution < 1.29 is 9.90 Å². The Bertz CT molecular complexity index is 405. The minimum atomic E-state index is -0.767. The topological polar surface area (TPSA) is 53.4 Å². The second-order valence-electron chi connectivity index (χ2n) is 4.66. The van der Waals surface area contributed by atoms with Gasteiger partial charge in [0.2, 0.25) is 0 Å². The lowest BCUT2D eigenvalue weighted by Crippen LogP contribution is -2.14. The molecule has 5 heteroatoms. The monoisotopic (exact) mass is 254 g/mol. The van der Waals surface area contributed by atoms with Gasteiger partial charge in [0.1, 0.15) is 10.9 Å². The number of carboxylic acid groups (broad SMARTS) is 1. The average molecular weight is 254 g/mol. The molecule has 1 aromatic rings. The van der Waals surface area contributed by atoms with E-state index in [9.17, 15) is 4.79 Å². The van der Waals surface area contributed by atoms with E-state index in [1.54, 1.807) is 0 Å². The van der Waals surface area contributed by atoms with Crippen molar-refractivity contribution in [2.75, 3.05) is 20.1 Å². The zero-order valence-corrected chi connectivity index (χ0v) is 11.0. The normalized spacial score (nSPS) is 22.8. The molecule has 1 saturated heterocycles. The Morgan fingerprint density at radius 2 is 2.53 bits per heavy atom. The van der Waals surface area contributed by atoms with Crippen molar-refractivity contribution in [2.24, 2.45) is 0 Å². The summed E-state index contributed by atoms with van der Waals surface area (Å²) in [7, 11) is 2.11. The second-order valence-corrected chi connectivity index (χ2v) is 5.55. The molecule has 2 rings (SSSR count). The number of hydrogen-bond donors (Lipinski definition) is 1. The van der Waals surface area contributed by atoms with Crippen LogP contribution >= 0.6 is 11.3 Å². The SMILES string of the molecule is CCC(C(=O)O)c1nc(C2CCN(C)C2)cs1. The molecule has 2 atom stereocenters. The van der Waals surface area contributed by atoms with Crippen LogP contribution in [0.15, 0.2) is 5.38 Å². The van der Waals surface area contributed by atoms with Gasteiger partial charge >= 0.3 is 5.97 Å². The highest BCUT2D eigenvalue weighted by Gasteiger charge is 2.26. The maximum Gasteiger partial charge on any atom is 0.313 e. The lowest BCUT2D eigenvalue weighted by molar-refractivity contribution is -0.138. The number of rotatable bonds is 4. The largest absolute Gasteiger partial charge is 0.481 e. The Hall–Kier alpha value is -0.940. The van der Waals surface area contributed by atoms with Gasteiger partial charge in [0.15, 0.2) is 0 Å². The number of thiazole rings is 1. The Kier molecular flexibility index (Phi) is 3.79. The highest BCUT2D eigenvalue weighted by Crippen LogP contribution is 2.30. The van der Waals surface area contributed by atoms with Gasteiger partial charge in [-0.05, 0) is 26.4 Å². The molecule has 1 fully saturated rings. The molecule has 0 aromatic carbocycles. The minimum Gasteiger partial charge on any atom is -0.481 e. The van der Waals surface area contributed by atoms with Crippen LogP contribution in [-0.4, -0.2) is 41.1 Å². The number of carboxylic acids is 1. The van der Waals surface area contributed by atoms with Gasteiger partial charge in [0, 0.05) is 17.8 Å². The summed E-state index contributed by atoms with van der Waals surface area (Å²) in [5, 5.41) is 11.9. The van der Waals surface area contributed by atoms with Crippen LogP contribution in [0.1, 0.15) is 42.3 Å². The van der Waals surface area contributed by atoms with E-state index in [-0.39, 0.29) is 0 Å². The Labute approximate surface area is 105 Å². The highest BCUT2D eigenvalue weighted by molar-refractivity contribution is 7.09. The molecule has 94 valence electrons. The standard InChI is InChI=1S/C12H18N2O2S/c1-3-9(12(15)16)11-13-10(7-17-11)8-4-5-14(2)6-8/h7-9H,3-6H2,1-2H3,(H,15,16). The molecule has 0 saturated carbocycles. The van der Waals surface area contributed by atoms with E-state index in [0.29, 0.717) is 12.3 Å². The molecule has 1 N–H and O–H groups in total. The molecular weight excluding hydrogens is 236 g/mol.